The lowest BCUT2D eigenvalue weighted by Gasteiger charge is -2.14. The predicted molar refractivity (Wildman–Crippen MR) is 73.5 cm³/mol. The fourth-order valence-corrected chi connectivity index (χ4v) is 2.89. The van der Waals surface area contributed by atoms with Crippen LogP contribution < -0.4 is 0 Å². The van der Waals surface area contributed by atoms with Crippen LogP contribution in [0.5, 0.6) is 0 Å². The van der Waals surface area contributed by atoms with Crippen LogP contribution in [0.4, 0.5) is 0 Å². The van der Waals surface area contributed by atoms with Crippen molar-refractivity contribution < 1.29 is 9.53 Å². The summed E-state index contributed by atoms with van der Waals surface area (Å²) in [7, 11) is 1.33. The van der Waals surface area contributed by atoms with E-state index >= 15 is 0 Å². The molecule has 1 unspecified atom stereocenters. The van der Waals surface area contributed by atoms with Gasteiger partial charge in [-0.15, -0.1) is 0 Å². The highest BCUT2D eigenvalue weighted by Gasteiger charge is 2.18. The summed E-state index contributed by atoms with van der Waals surface area (Å²) in [6.07, 6.45) is 0.617. The molecule has 0 aliphatic rings. The normalized spacial score (nSPS) is 11.7. The molecule has 0 heterocycles. The quantitative estimate of drug-likeness (QED) is 0.785. The van der Waals surface area contributed by atoms with E-state index in [9.17, 15) is 10.1 Å². The average molecular weight is 331 g/mol. The van der Waals surface area contributed by atoms with Gasteiger partial charge in [0.2, 0.25) is 0 Å². The van der Waals surface area contributed by atoms with Crippen LogP contribution in [0.3, 0.4) is 0 Å². The van der Waals surface area contributed by atoms with Gasteiger partial charge in [0.05, 0.1) is 19.1 Å². The summed E-state index contributed by atoms with van der Waals surface area (Å²) in [4.78, 5) is 11.1. The summed E-state index contributed by atoms with van der Waals surface area (Å²) in [5.74, 6) is -0.717. The molecule has 0 bridgehead atoms. The van der Waals surface area contributed by atoms with Gasteiger partial charge in [-0.25, -0.2) is 0 Å². The Morgan fingerprint density at radius 1 is 1.61 bits per heavy atom. The molecular formula is C13H13BrClNO2. The highest BCUT2D eigenvalue weighted by molar-refractivity contribution is 9.10. The molecular weight excluding hydrogens is 318 g/mol. The minimum Gasteiger partial charge on any atom is -0.469 e. The van der Waals surface area contributed by atoms with Gasteiger partial charge in [0.15, 0.2) is 0 Å². The first-order valence-corrected chi connectivity index (χ1v) is 6.58. The van der Waals surface area contributed by atoms with Gasteiger partial charge >= 0.3 is 5.97 Å². The summed E-state index contributed by atoms with van der Waals surface area (Å²) in [6.45, 7) is 1.90. The van der Waals surface area contributed by atoms with Gasteiger partial charge in [-0.05, 0) is 36.6 Å². The number of benzene rings is 1. The van der Waals surface area contributed by atoms with E-state index in [1.807, 2.05) is 13.0 Å². The molecule has 0 spiro atoms. The van der Waals surface area contributed by atoms with Crippen molar-refractivity contribution >= 4 is 33.5 Å². The largest absolute Gasteiger partial charge is 0.469 e. The third-order valence-electron chi connectivity index (χ3n) is 2.67. The van der Waals surface area contributed by atoms with Crippen LogP contribution in [0.2, 0.25) is 5.02 Å². The number of esters is 1. The van der Waals surface area contributed by atoms with Crippen LogP contribution in [0.1, 0.15) is 29.9 Å². The highest BCUT2D eigenvalue weighted by Crippen LogP contribution is 2.33. The van der Waals surface area contributed by atoms with Crippen molar-refractivity contribution in [1.29, 1.82) is 5.26 Å². The molecule has 0 N–H and O–H groups in total. The fraction of sp³-hybridized carbons (Fsp3) is 0.385. The number of carbonyl (C=O) groups excluding carboxylic acids is 1. The summed E-state index contributed by atoms with van der Waals surface area (Å²) in [5.41, 5.74) is 1.72. The summed E-state index contributed by atoms with van der Waals surface area (Å²) >= 11 is 9.51. The maximum Gasteiger partial charge on any atom is 0.305 e. The number of hydrogen-bond acceptors (Lipinski definition) is 3. The number of aryl methyl sites for hydroxylation is 1. The second kappa shape index (κ2) is 6.77. The standard InChI is InChI=1S/C13H13BrClNO2/c1-8-5-10(14)6-11(15)13(8)9(7-16)3-4-12(17)18-2/h5-6,9H,3-4H2,1-2H3. The van der Waals surface area contributed by atoms with E-state index in [0.29, 0.717) is 11.4 Å². The molecule has 0 saturated heterocycles. The SMILES string of the molecule is COC(=O)CCC(C#N)c1c(C)cc(Br)cc1Cl. The molecule has 0 saturated carbocycles. The van der Waals surface area contributed by atoms with Gasteiger partial charge in [0, 0.05) is 15.9 Å². The minimum absolute atomic E-state index is 0.209. The van der Waals surface area contributed by atoms with Gasteiger partial charge in [-0.2, -0.15) is 5.26 Å². The number of carbonyl (C=O) groups is 1. The summed E-state index contributed by atoms with van der Waals surface area (Å²) < 4.78 is 5.45. The fourth-order valence-electron chi connectivity index (χ4n) is 1.79. The molecule has 0 radical (unpaired) electrons. The van der Waals surface area contributed by atoms with Crippen molar-refractivity contribution in [2.75, 3.05) is 7.11 Å². The van der Waals surface area contributed by atoms with Crippen LogP contribution in [0, 0.1) is 18.3 Å². The molecule has 0 amide bonds. The molecule has 18 heavy (non-hydrogen) atoms. The Balaban J connectivity index is 2.96. The van der Waals surface area contributed by atoms with Crippen molar-refractivity contribution in [3.8, 4) is 6.07 Å². The van der Waals surface area contributed by atoms with Crippen molar-refractivity contribution in [2.24, 2.45) is 0 Å². The lowest BCUT2D eigenvalue weighted by Crippen LogP contribution is -2.06. The molecule has 1 atom stereocenters. The lowest BCUT2D eigenvalue weighted by molar-refractivity contribution is -0.140. The van der Waals surface area contributed by atoms with E-state index in [2.05, 4.69) is 26.7 Å². The van der Waals surface area contributed by atoms with Crippen molar-refractivity contribution in [1.82, 2.24) is 0 Å². The van der Waals surface area contributed by atoms with Crippen LogP contribution in [0.15, 0.2) is 16.6 Å². The Morgan fingerprint density at radius 2 is 2.28 bits per heavy atom. The molecule has 0 aliphatic carbocycles. The van der Waals surface area contributed by atoms with Crippen LogP contribution in [-0.4, -0.2) is 13.1 Å². The van der Waals surface area contributed by atoms with Gasteiger partial charge in [0.25, 0.3) is 0 Å². The van der Waals surface area contributed by atoms with Crippen LogP contribution in [-0.2, 0) is 9.53 Å². The second-order valence-electron chi connectivity index (χ2n) is 3.91. The van der Waals surface area contributed by atoms with E-state index in [0.717, 1.165) is 15.6 Å². The first-order valence-electron chi connectivity index (χ1n) is 5.41. The molecule has 3 nitrogen and oxygen atoms in total. The molecule has 96 valence electrons. The number of rotatable bonds is 4. The Kier molecular flexibility index (Phi) is 5.64. The molecule has 1 aromatic rings. The number of nitriles is 1. The van der Waals surface area contributed by atoms with Crippen molar-refractivity contribution in [3.63, 3.8) is 0 Å². The zero-order valence-electron chi connectivity index (χ0n) is 10.2. The Morgan fingerprint density at radius 3 is 2.78 bits per heavy atom. The van der Waals surface area contributed by atoms with Crippen molar-refractivity contribution in [3.05, 3.63) is 32.8 Å². The lowest BCUT2D eigenvalue weighted by atomic mass is 9.92. The van der Waals surface area contributed by atoms with Crippen LogP contribution >= 0.6 is 27.5 Å². The number of ether oxygens (including phenoxy) is 1. The number of halogens is 2. The van der Waals surface area contributed by atoms with Crippen LogP contribution in [0.25, 0.3) is 0 Å². The first-order chi connectivity index (χ1) is 8.49. The van der Waals surface area contributed by atoms with E-state index < -0.39 is 5.92 Å². The second-order valence-corrected chi connectivity index (χ2v) is 5.24. The number of hydrogen-bond donors (Lipinski definition) is 0. The maximum absolute atomic E-state index is 11.1. The minimum atomic E-state index is -0.398. The summed E-state index contributed by atoms with van der Waals surface area (Å²) in [6, 6.07) is 5.85. The average Bonchev–Trinajstić information content (AvgIpc) is 2.31. The third kappa shape index (κ3) is 3.72. The monoisotopic (exact) mass is 329 g/mol. The molecule has 1 aromatic carbocycles. The Hall–Kier alpha value is -1.05. The predicted octanol–water partition coefficient (Wildman–Crippen LogP) is 3.97. The molecule has 5 heteroatoms. The topological polar surface area (TPSA) is 50.1 Å². The van der Waals surface area contributed by atoms with Gasteiger partial charge in [-0.1, -0.05) is 27.5 Å². The molecule has 0 aliphatic heterocycles. The Labute approximate surface area is 120 Å². The zero-order valence-corrected chi connectivity index (χ0v) is 12.5. The Bertz CT molecular complexity index is 473. The third-order valence-corrected chi connectivity index (χ3v) is 3.44. The van der Waals surface area contributed by atoms with Crippen molar-refractivity contribution in [2.45, 2.75) is 25.7 Å². The van der Waals surface area contributed by atoms with E-state index in [1.54, 1.807) is 6.07 Å². The first kappa shape index (κ1) is 15.0. The van der Waals surface area contributed by atoms with Gasteiger partial charge in [0.1, 0.15) is 0 Å². The smallest absolute Gasteiger partial charge is 0.305 e. The molecule has 1 rings (SSSR count). The maximum atomic E-state index is 11.1. The van der Waals surface area contributed by atoms with Gasteiger partial charge < -0.3 is 4.74 Å². The zero-order chi connectivity index (χ0) is 13.7. The molecule has 0 aromatic heterocycles. The van der Waals surface area contributed by atoms with E-state index in [-0.39, 0.29) is 12.4 Å². The number of nitrogens with zero attached hydrogens (tertiary/aromatic N) is 1. The van der Waals surface area contributed by atoms with E-state index in [1.165, 1.54) is 7.11 Å². The summed E-state index contributed by atoms with van der Waals surface area (Å²) in [5, 5.41) is 9.75. The number of methoxy groups -OCH3 is 1. The highest BCUT2D eigenvalue weighted by atomic mass is 79.9. The molecule has 0 fully saturated rings. The van der Waals surface area contributed by atoms with E-state index in [4.69, 9.17) is 11.6 Å². The van der Waals surface area contributed by atoms with Gasteiger partial charge in [-0.3, -0.25) is 4.79 Å².